The first kappa shape index (κ1) is 19.5. The molecule has 0 atom stereocenters. The number of thiophene rings is 1. The van der Waals surface area contributed by atoms with Gasteiger partial charge >= 0.3 is 12.2 Å². The van der Waals surface area contributed by atoms with Gasteiger partial charge in [-0.15, -0.1) is 11.3 Å². The van der Waals surface area contributed by atoms with Crippen LogP contribution in [0.25, 0.3) is 0 Å². The van der Waals surface area contributed by atoms with E-state index in [1.807, 2.05) is 12.1 Å². The zero-order valence-corrected chi connectivity index (χ0v) is 15.5. The Balaban J connectivity index is 1.90. The number of carbonyl (C=O) groups excluding carboxylic acids is 1. The summed E-state index contributed by atoms with van der Waals surface area (Å²) in [6.45, 7) is -0.997. The number of ether oxygens (including phenoxy) is 1. The van der Waals surface area contributed by atoms with Crippen LogP contribution in [0.3, 0.4) is 0 Å². The van der Waals surface area contributed by atoms with Gasteiger partial charge in [0.15, 0.2) is 6.61 Å². The molecule has 0 saturated heterocycles. The fraction of sp³-hybridized carbons (Fsp3) is 0.333. The maximum atomic E-state index is 12.3. The zero-order chi connectivity index (χ0) is 18.4. The van der Waals surface area contributed by atoms with Crippen molar-refractivity contribution in [3.05, 3.63) is 44.7 Å². The smallest absolute Gasteiger partial charge is 0.422 e. The van der Waals surface area contributed by atoms with E-state index in [1.165, 1.54) is 22.4 Å². The maximum Gasteiger partial charge on any atom is 0.422 e. The molecule has 0 aromatic carbocycles. The lowest BCUT2D eigenvalue weighted by molar-refractivity contribution is -0.154. The van der Waals surface area contributed by atoms with Crippen molar-refractivity contribution < 1.29 is 22.7 Å². The second-order valence-corrected chi connectivity index (χ2v) is 7.64. The van der Waals surface area contributed by atoms with E-state index in [4.69, 9.17) is 0 Å². The largest absolute Gasteiger partial charge is 0.468 e. The van der Waals surface area contributed by atoms with E-state index in [0.29, 0.717) is 12.1 Å². The number of aromatic nitrogens is 1. The molecule has 0 aliphatic rings. The van der Waals surface area contributed by atoms with Crippen LogP contribution >= 0.6 is 27.3 Å². The van der Waals surface area contributed by atoms with Gasteiger partial charge in [-0.05, 0) is 34.1 Å². The SMILES string of the molecule is CN(Cc1ccc(Br)s1)C(=O)NCc1cccnc1OCC(F)(F)F. The molecule has 0 radical (unpaired) electrons. The van der Waals surface area contributed by atoms with Gasteiger partial charge in [0.1, 0.15) is 0 Å². The third kappa shape index (κ3) is 6.54. The topological polar surface area (TPSA) is 54.5 Å². The van der Waals surface area contributed by atoms with Crippen LogP contribution in [0.1, 0.15) is 10.4 Å². The second-order valence-electron chi connectivity index (χ2n) is 5.09. The Morgan fingerprint density at radius 3 is 2.80 bits per heavy atom. The van der Waals surface area contributed by atoms with Crippen molar-refractivity contribution in [1.82, 2.24) is 15.2 Å². The van der Waals surface area contributed by atoms with Gasteiger partial charge in [-0.2, -0.15) is 13.2 Å². The number of nitrogens with one attached hydrogen (secondary N) is 1. The molecule has 0 aliphatic carbocycles. The number of carbonyl (C=O) groups is 1. The minimum absolute atomic E-state index is 0.0122. The van der Waals surface area contributed by atoms with E-state index in [1.54, 1.807) is 19.2 Å². The van der Waals surface area contributed by atoms with E-state index in [9.17, 15) is 18.0 Å². The number of halogens is 4. The van der Waals surface area contributed by atoms with Crippen molar-refractivity contribution in [2.24, 2.45) is 0 Å². The van der Waals surface area contributed by atoms with Gasteiger partial charge < -0.3 is 15.0 Å². The Hall–Kier alpha value is -1.81. The van der Waals surface area contributed by atoms with Crippen LogP contribution in [0.2, 0.25) is 0 Å². The van der Waals surface area contributed by atoms with Gasteiger partial charge in [-0.25, -0.2) is 9.78 Å². The fourth-order valence-corrected chi connectivity index (χ4v) is 3.42. The molecule has 0 bridgehead atoms. The normalized spacial score (nSPS) is 11.2. The quantitative estimate of drug-likeness (QED) is 0.736. The number of hydrogen-bond donors (Lipinski definition) is 1. The van der Waals surface area contributed by atoms with Crippen LogP contribution in [0.5, 0.6) is 5.88 Å². The van der Waals surface area contributed by atoms with E-state index >= 15 is 0 Å². The average Bonchev–Trinajstić information content (AvgIpc) is 2.95. The lowest BCUT2D eigenvalue weighted by Crippen LogP contribution is -2.36. The predicted octanol–water partition coefficient (Wildman–Crippen LogP) is 4.19. The predicted molar refractivity (Wildman–Crippen MR) is 91.5 cm³/mol. The first-order chi connectivity index (χ1) is 11.7. The molecule has 2 aromatic heterocycles. The Morgan fingerprint density at radius 2 is 2.16 bits per heavy atom. The standard InChI is InChI=1S/C15H15BrF3N3O2S/c1-22(8-11-4-5-12(16)25-11)14(23)21-7-10-3-2-6-20-13(10)24-9-15(17,18)19/h2-6H,7-9H2,1H3,(H,21,23). The highest BCUT2D eigenvalue weighted by molar-refractivity contribution is 9.11. The van der Waals surface area contributed by atoms with Crippen LogP contribution in [0.15, 0.2) is 34.2 Å². The molecule has 2 amide bonds. The average molecular weight is 438 g/mol. The zero-order valence-electron chi connectivity index (χ0n) is 13.1. The molecule has 25 heavy (non-hydrogen) atoms. The maximum absolute atomic E-state index is 12.3. The number of rotatable bonds is 6. The molecule has 136 valence electrons. The van der Waals surface area contributed by atoms with E-state index in [2.05, 4.69) is 31.0 Å². The summed E-state index contributed by atoms with van der Waals surface area (Å²) >= 11 is 4.87. The van der Waals surface area contributed by atoms with Gasteiger partial charge in [-0.3, -0.25) is 0 Å². The molecule has 0 unspecified atom stereocenters. The Bertz CT molecular complexity index is 724. The lowest BCUT2D eigenvalue weighted by atomic mass is 10.2. The molecule has 2 aromatic rings. The van der Waals surface area contributed by atoms with Gasteiger partial charge in [0.05, 0.1) is 10.3 Å². The molecule has 0 aliphatic heterocycles. The molecular weight excluding hydrogens is 423 g/mol. The van der Waals surface area contributed by atoms with E-state index in [0.717, 1.165) is 8.66 Å². The summed E-state index contributed by atoms with van der Waals surface area (Å²) in [6.07, 6.45) is -3.12. The number of alkyl halides is 3. The summed E-state index contributed by atoms with van der Waals surface area (Å²) < 4.78 is 42.5. The molecule has 1 N–H and O–H groups in total. The number of hydrogen-bond acceptors (Lipinski definition) is 4. The minimum Gasteiger partial charge on any atom is -0.468 e. The summed E-state index contributed by atoms with van der Waals surface area (Å²) in [4.78, 5) is 18.4. The summed E-state index contributed by atoms with van der Waals surface area (Å²) in [7, 11) is 1.63. The van der Waals surface area contributed by atoms with E-state index in [-0.39, 0.29) is 18.5 Å². The number of urea groups is 1. The summed E-state index contributed by atoms with van der Waals surface area (Å²) in [5.74, 6) is -0.148. The number of pyridine rings is 1. The highest BCUT2D eigenvalue weighted by Gasteiger charge is 2.29. The highest BCUT2D eigenvalue weighted by Crippen LogP contribution is 2.23. The number of nitrogens with zero attached hydrogens (tertiary/aromatic N) is 2. The van der Waals surface area contributed by atoms with Crippen molar-refractivity contribution in [2.75, 3.05) is 13.7 Å². The van der Waals surface area contributed by atoms with Crippen molar-refractivity contribution in [3.8, 4) is 5.88 Å². The van der Waals surface area contributed by atoms with E-state index < -0.39 is 12.8 Å². The van der Waals surface area contributed by atoms with Crippen LogP contribution in [0, 0.1) is 0 Å². The molecule has 0 saturated carbocycles. The summed E-state index contributed by atoms with van der Waals surface area (Å²) in [6, 6.07) is 6.56. The van der Waals surface area contributed by atoms with Crippen molar-refractivity contribution in [3.63, 3.8) is 0 Å². The highest BCUT2D eigenvalue weighted by atomic mass is 79.9. The summed E-state index contributed by atoms with van der Waals surface area (Å²) in [5, 5.41) is 2.64. The van der Waals surface area contributed by atoms with Crippen LogP contribution < -0.4 is 10.1 Å². The van der Waals surface area contributed by atoms with Crippen molar-refractivity contribution in [2.45, 2.75) is 19.3 Å². The molecule has 2 heterocycles. The van der Waals surface area contributed by atoms with Gasteiger partial charge in [-0.1, -0.05) is 6.07 Å². The monoisotopic (exact) mass is 437 g/mol. The lowest BCUT2D eigenvalue weighted by Gasteiger charge is -2.18. The van der Waals surface area contributed by atoms with Gasteiger partial charge in [0.2, 0.25) is 5.88 Å². The minimum atomic E-state index is -4.45. The Labute approximate surface area is 154 Å². The van der Waals surface area contributed by atoms with Crippen LogP contribution in [0.4, 0.5) is 18.0 Å². The third-order valence-electron chi connectivity index (χ3n) is 3.02. The molecule has 2 rings (SSSR count). The van der Waals surface area contributed by atoms with Gasteiger partial charge in [0.25, 0.3) is 0 Å². The third-order valence-corrected chi connectivity index (χ3v) is 4.63. The molecule has 0 fully saturated rings. The van der Waals surface area contributed by atoms with Crippen LogP contribution in [-0.4, -0.2) is 35.7 Å². The van der Waals surface area contributed by atoms with Crippen molar-refractivity contribution in [1.29, 1.82) is 0 Å². The summed E-state index contributed by atoms with van der Waals surface area (Å²) in [5.41, 5.74) is 0.368. The van der Waals surface area contributed by atoms with Crippen molar-refractivity contribution >= 4 is 33.3 Å². The first-order valence-electron chi connectivity index (χ1n) is 7.11. The molecule has 5 nitrogen and oxygen atoms in total. The molecule has 0 spiro atoms. The second kappa shape index (κ2) is 8.52. The number of amides is 2. The first-order valence-corrected chi connectivity index (χ1v) is 8.72. The fourth-order valence-electron chi connectivity index (χ4n) is 1.89. The Morgan fingerprint density at radius 1 is 1.40 bits per heavy atom. The van der Waals surface area contributed by atoms with Gasteiger partial charge in [0, 0.05) is 30.2 Å². The Kier molecular flexibility index (Phi) is 6.65. The van der Waals surface area contributed by atoms with Crippen LogP contribution in [-0.2, 0) is 13.1 Å². The molecule has 10 heteroatoms. The molecular formula is C15H15BrF3N3O2S.